The van der Waals surface area contributed by atoms with Gasteiger partial charge < -0.3 is 4.90 Å². The average molecular weight is 374 g/mol. The van der Waals surface area contributed by atoms with Gasteiger partial charge in [-0.15, -0.1) is 0 Å². The Morgan fingerprint density at radius 3 is 2.82 bits per heavy atom. The molecule has 0 radical (unpaired) electrons. The molecule has 138 valence electrons. The molecule has 5 rings (SSSR count). The van der Waals surface area contributed by atoms with Gasteiger partial charge in [-0.1, -0.05) is 24.3 Å². The highest BCUT2D eigenvalue weighted by Crippen LogP contribution is 2.27. The second kappa shape index (κ2) is 6.27. The third-order valence-corrected chi connectivity index (χ3v) is 4.86. The Balaban J connectivity index is 1.46. The predicted molar refractivity (Wildman–Crippen MR) is 104 cm³/mol. The number of hydrogen-bond donors (Lipinski definition) is 0. The SMILES string of the molecule is [2H]C1([2H])c2ncccc2C(=O)N1Cc1ccc(-c2ccc3cn(C)nc3c2)cc1F. The topological polar surface area (TPSA) is 51.0 Å². The number of aromatic nitrogens is 3. The van der Waals surface area contributed by atoms with Crippen LogP contribution in [0.25, 0.3) is 22.0 Å². The molecule has 4 aromatic rings. The zero-order valence-electron chi connectivity index (χ0n) is 17.1. The lowest BCUT2D eigenvalue weighted by Crippen LogP contribution is -2.23. The minimum atomic E-state index is -2.09. The molecule has 5 nitrogen and oxygen atoms in total. The van der Waals surface area contributed by atoms with Gasteiger partial charge in [0.15, 0.2) is 0 Å². The van der Waals surface area contributed by atoms with Crippen molar-refractivity contribution >= 4 is 16.8 Å². The lowest BCUT2D eigenvalue weighted by molar-refractivity contribution is 0.0765. The zero-order valence-corrected chi connectivity index (χ0v) is 15.1. The maximum absolute atomic E-state index is 14.9. The summed E-state index contributed by atoms with van der Waals surface area (Å²) in [7, 11) is 1.85. The molecule has 0 saturated heterocycles. The van der Waals surface area contributed by atoms with Crippen LogP contribution in [0.5, 0.6) is 0 Å². The second-order valence-corrected chi connectivity index (χ2v) is 6.79. The van der Waals surface area contributed by atoms with E-state index >= 15 is 0 Å². The number of pyridine rings is 1. The minimum absolute atomic E-state index is 0.0655. The van der Waals surface area contributed by atoms with Crippen LogP contribution in [-0.2, 0) is 20.1 Å². The van der Waals surface area contributed by atoms with E-state index in [4.69, 9.17) is 2.74 Å². The largest absolute Gasteiger partial charge is 0.328 e. The molecule has 0 unspecified atom stereocenters. The van der Waals surface area contributed by atoms with Crippen molar-refractivity contribution in [3.8, 4) is 11.1 Å². The Labute approximate surface area is 163 Å². The second-order valence-electron chi connectivity index (χ2n) is 6.79. The van der Waals surface area contributed by atoms with Crippen molar-refractivity contribution < 1.29 is 11.9 Å². The van der Waals surface area contributed by atoms with Crippen molar-refractivity contribution in [1.29, 1.82) is 0 Å². The van der Waals surface area contributed by atoms with Crippen LogP contribution in [0.1, 0.15) is 24.4 Å². The number of hydrogen-bond acceptors (Lipinski definition) is 3. The summed E-state index contributed by atoms with van der Waals surface area (Å²) in [5.74, 6) is -0.992. The molecule has 0 N–H and O–H groups in total. The highest BCUT2D eigenvalue weighted by molar-refractivity contribution is 5.97. The number of aryl methyl sites for hydroxylation is 1. The van der Waals surface area contributed by atoms with Crippen LogP contribution in [-0.4, -0.2) is 25.6 Å². The van der Waals surface area contributed by atoms with Crippen LogP contribution in [0.3, 0.4) is 0 Å². The van der Waals surface area contributed by atoms with Crippen LogP contribution in [0.2, 0.25) is 0 Å². The molecular weight excluding hydrogens is 355 g/mol. The fourth-order valence-corrected chi connectivity index (χ4v) is 3.45. The first-order valence-corrected chi connectivity index (χ1v) is 8.84. The van der Waals surface area contributed by atoms with Gasteiger partial charge in [-0.2, -0.15) is 5.10 Å². The van der Waals surface area contributed by atoms with Gasteiger partial charge in [0, 0.05) is 36.9 Å². The minimum Gasteiger partial charge on any atom is -0.328 e. The van der Waals surface area contributed by atoms with Crippen LogP contribution in [0, 0.1) is 5.82 Å². The third-order valence-electron chi connectivity index (χ3n) is 4.86. The van der Waals surface area contributed by atoms with Crippen molar-refractivity contribution in [2.45, 2.75) is 13.0 Å². The van der Waals surface area contributed by atoms with Crippen molar-refractivity contribution in [2.75, 3.05) is 0 Å². The van der Waals surface area contributed by atoms with Crippen LogP contribution >= 0.6 is 0 Å². The molecule has 1 aliphatic rings. The Morgan fingerprint density at radius 1 is 1.18 bits per heavy atom. The van der Waals surface area contributed by atoms with E-state index < -0.39 is 18.2 Å². The van der Waals surface area contributed by atoms with E-state index in [9.17, 15) is 9.18 Å². The Hall–Kier alpha value is -3.54. The van der Waals surface area contributed by atoms with E-state index in [2.05, 4.69) is 10.1 Å². The Morgan fingerprint density at radius 2 is 2.00 bits per heavy atom. The first kappa shape index (κ1) is 14.5. The number of benzene rings is 2. The molecule has 2 aromatic heterocycles. The van der Waals surface area contributed by atoms with E-state index in [0.29, 0.717) is 5.56 Å². The number of fused-ring (bicyclic) bond motifs is 2. The van der Waals surface area contributed by atoms with Gasteiger partial charge in [0.25, 0.3) is 5.91 Å². The van der Waals surface area contributed by atoms with Gasteiger partial charge in [0.05, 0.1) is 26.0 Å². The van der Waals surface area contributed by atoms with Crippen LogP contribution in [0.4, 0.5) is 4.39 Å². The quantitative estimate of drug-likeness (QED) is 0.546. The van der Waals surface area contributed by atoms with E-state index in [0.717, 1.165) is 21.4 Å². The number of carbonyl (C=O) groups excluding carboxylic acids is 1. The maximum Gasteiger partial charge on any atom is 0.256 e. The van der Waals surface area contributed by atoms with Crippen molar-refractivity contribution in [1.82, 2.24) is 19.7 Å². The summed E-state index contributed by atoms with van der Waals surface area (Å²) in [5.41, 5.74) is 2.85. The lowest BCUT2D eigenvalue weighted by atomic mass is 10.0. The third kappa shape index (κ3) is 2.74. The van der Waals surface area contributed by atoms with Crippen molar-refractivity contribution in [3.63, 3.8) is 0 Å². The molecule has 0 spiro atoms. The molecule has 28 heavy (non-hydrogen) atoms. The monoisotopic (exact) mass is 374 g/mol. The smallest absolute Gasteiger partial charge is 0.256 e. The molecule has 1 aliphatic heterocycles. The van der Waals surface area contributed by atoms with Gasteiger partial charge in [-0.3, -0.25) is 14.5 Å². The summed E-state index contributed by atoms with van der Waals surface area (Å²) in [6, 6.07) is 13.6. The van der Waals surface area contributed by atoms with Gasteiger partial charge in [0.2, 0.25) is 0 Å². The van der Waals surface area contributed by atoms with Gasteiger partial charge in [0.1, 0.15) is 5.82 Å². The number of nitrogens with zero attached hydrogens (tertiary/aromatic N) is 4. The molecular formula is C22H17FN4O. The van der Waals surface area contributed by atoms with E-state index in [1.54, 1.807) is 22.9 Å². The van der Waals surface area contributed by atoms with E-state index in [-0.39, 0.29) is 23.4 Å². The number of carbonyl (C=O) groups is 1. The molecule has 0 bridgehead atoms. The molecule has 0 aliphatic carbocycles. The first-order chi connectivity index (χ1) is 14.3. The summed E-state index contributed by atoms with van der Waals surface area (Å²) in [5, 5.41) is 5.38. The fraction of sp³-hybridized carbons (Fsp3) is 0.136. The summed E-state index contributed by atoms with van der Waals surface area (Å²) >= 11 is 0. The summed E-state index contributed by atoms with van der Waals surface area (Å²) < 4.78 is 33.3. The molecule has 1 amide bonds. The summed E-state index contributed by atoms with van der Waals surface area (Å²) in [6.07, 6.45) is 3.36. The van der Waals surface area contributed by atoms with Crippen molar-refractivity contribution in [3.05, 3.63) is 83.6 Å². The molecule has 0 fully saturated rings. The number of amides is 1. The molecule has 3 heterocycles. The summed E-state index contributed by atoms with van der Waals surface area (Å²) in [4.78, 5) is 17.7. The Bertz CT molecular complexity index is 1320. The van der Waals surface area contributed by atoms with E-state index in [1.807, 2.05) is 31.4 Å². The van der Waals surface area contributed by atoms with Gasteiger partial charge in [-0.05, 0) is 35.4 Å². The highest BCUT2D eigenvalue weighted by atomic mass is 19.1. The standard InChI is InChI=1S/C22H17FN4O/c1-26-11-17-7-5-15(10-20(17)25-26)14-4-6-16(19(23)9-14)12-27-13-21-18(22(27)28)3-2-8-24-21/h2-11H,12-13H2,1H3/i13D2. The Kier molecular flexibility index (Phi) is 3.25. The summed E-state index contributed by atoms with van der Waals surface area (Å²) in [6.45, 7) is -2.28. The molecule has 0 atom stereocenters. The van der Waals surface area contributed by atoms with Gasteiger partial charge >= 0.3 is 0 Å². The van der Waals surface area contributed by atoms with Crippen LogP contribution < -0.4 is 0 Å². The maximum atomic E-state index is 14.9. The first-order valence-electron chi connectivity index (χ1n) is 9.84. The number of rotatable bonds is 3. The fourth-order valence-electron chi connectivity index (χ4n) is 3.45. The van der Waals surface area contributed by atoms with Crippen molar-refractivity contribution in [2.24, 2.45) is 7.05 Å². The van der Waals surface area contributed by atoms with Crippen LogP contribution in [0.15, 0.2) is 60.9 Å². The molecule has 2 aromatic carbocycles. The lowest BCUT2D eigenvalue weighted by Gasteiger charge is -2.16. The molecule has 0 saturated carbocycles. The number of halogens is 1. The zero-order chi connectivity index (χ0) is 21.0. The highest BCUT2D eigenvalue weighted by Gasteiger charge is 2.28. The normalized spacial score (nSPS) is 16.2. The average Bonchev–Trinajstić information content (AvgIpc) is 3.19. The van der Waals surface area contributed by atoms with Gasteiger partial charge in [-0.25, -0.2) is 4.39 Å². The molecule has 6 heteroatoms. The van der Waals surface area contributed by atoms with E-state index in [1.165, 1.54) is 18.3 Å². The predicted octanol–water partition coefficient (Wildman–Crippen LogP) is 3.93.